The molecule has 0 bridgehead atoms. The Morgan fingerprint density at radius 2 is 0.619 bits per heavy atom. The number of para-hydroxylation sites is 2. The predicted octanol–water partition coefficient (Wildman–Crippen LogP) is 5.84. The van der Waals surface area contributed by atoms with Gasteiger partial charge >= 0.3 is 0 Å². The minimum atomic E-state index is -0.364. The third kappa shape index (κ3) is 7.14. The monoisotopic (exact) mass is 566 g/mol. The molecule has 10 nitrogen and oxygen atoms in total. The largest absolute Gasteiger partial charge is 0.368 e. The van der Waals surface area contributed by atoms with Gasteiger partial charge in [-0.3, -0.25) is 20.2 Å². The molecule has 2 fully saturated rings. The van der Waals surface area contributed by atoms with Crippen LogP contribution in [0.25, 0.3) is 0 Å². The van der Waals surface area contributed by atoms with Gasteiger partial charge in [0, 0.05) is 99.4 Å². The number of anilines is 4. The molecule has 216 valence electrons. The Morgan fingerprint density at radius 1 is 0.381 bits per heavy atom. The van der Waals surface area contributed by atoms with Crippen LogP contribution in [0.2, 0.25) is 0 Å². The van der Waals surface area contributed by atoms with Gasteiger partial charge in [-0.2, -0.15) is 0 Å². The van der Waals surface area contributed by atoms with E-state index in [2.05, 4.69) is 68.1 Å². The lowest BCUT2D eigenvalue weighted by Crippen LogP contribution is -2.46. The summed E-state index contributed by atoms with van der Waals surface area (Å²) in [6, 6.07) is 34.4. The van der Waals surface area contributed by atoms with Crippen molar-refractivity contribution in [2.45, 2.75) is 0 Å². The molecule has 6 rings (SSSR count). The van der Waals surface area contributed by atoms with E-state index in [1.807, 2.05) is 36.4 Å². The number of hydrogen-bond donors (Lipinski definition) is 0. The van der Waals surface area contributed by atoms with Gasteiger partial charge in [-0.1, -0.05) is 36.4 Å². The zero-order chi connectivity index (χ0) is 29.3. The molecule has 4 aromatic rings. The van der Waals surface area contributed by atoms with Crippen LogP contribution in [0.1, 0.15) is 0 Å². The van der Waals surface area contributed by atoms with E-state index < -0.39 is 0 Å². The zero-order valence-corrected chi connectivity index (χ0v) is 23.4. The van der Waals surface area contributed by atoms with Gasteiger partial charge in [0.25, 0.3) is 11.4 Å². The first-order valence-corrected chi connectivity index (χ1v) is 14.1. The van der Waals surface area contributed by atoms with Gasteiger partial charge in [0.15, 0.2) is 0 Å². The topological polar surface area (TPSA) is 99.2 Å². The number of nitro groups is 2. The molecule has 0 aliphatic carbocycles. The minimum absolute atomic E-state index is 0.140. The molecule has 0 aromatic heterocycles. The summed E-state index contributed by atoms with van der Waals surface area (Å²) in [7, 11) is 0. The van der Waals surface area contributed by atoms with Gasteiger partial charge in [0.1, 0.15) is 0 Å². The maximum atomic E-state index is 10.7. The maximum absolute atomic E-state index is 10.7. The van der Waals surface area contributed by atoms with Crippen molar-refractivity contribution in [1.29, 1.82) is 0 Å². The Labute approximate surface area is 245 Å². The average molecular weight is 567 g/mol. The van der Waals surface area contributed by atoms with E-state index in [-0.39, 0.29) is 21.2 Å². The van der Waals surface area contributed by atoms with E-state index in [1.165, 1.54) is 11.4 Å². The fourth-order valence-electron chi connectivity index (χ4n) is 5.29. The first-order valence-electron chi connectivity index (χ1n) is 14.1. The number of nitrogens with zero attached hydrogens (tertiary/aromatic N) is 6. The lowest BCUT2D eigenvalue weighted by molar-refractivity contribution is -0.385. The third-order valence-corrected chi connectivity index (χ3v) is 7.65. The van der Waals surface area contributed by atoms with Crippen molar-refractivity contribution in [3.8, 4) is 0 Å². The Kier molecular flexibility index (Phi) is 9.13. The molecular weight excluding hydrogens is 532 g/mol. The van der Waals surface area contributed by atoms with E-state index in [9.17, 15) is 20.2 Å². The highest BCUT2D eigenvalue weighted by molar-refractivity contribution is 5.55. The minimum Gasteiger partial charge on any atom is -0.368 e. The highest BCUT2D eigenvalue weighted by Gasteiger charge is 2.19. The number of nitro benzene ring substituents is 2. The standard InChI is InChI=1S/2C16H17N3O2/c2*20-19(21)16-8-6-15(7-9-16)18-12-10-17(11-13-18)14-4-2-1-3-5-14/h2*1-9H,10-13H2. The van der Waals surface area contributed by atoms with Gasteiger partial charge in [-0.05, 0) is 48.5 Å². The number of benzene rings is 4. The van der Waals surface area contributed by atoms with Crippen LogP contribution in [0.15, 0.2) is 109 Å². The van der Waals surface area contributed by atoms with E-state index >= 15 is 0 Å². The van der Waals surface area contributed by atoms with Gasteiger partial charge in [-0.15, -0.1) is 0 Å². The second-order valence-corrected chi connectivity index (χ2v) is 10.2. The molecule has 2 aliphatic heterocycles. The summed E-state index contributed by atoms with van der Waals surface area (Å²) in [6.45, 7) is 7.53. The lowest BCUT2D eigenvalue weighted by Gasteiger charge is -2.37. The number of hydrogen-bond acceptors (Lipinski definition) is 8. The second kappa shape index (κ2) is 13.5. The molecule has 10 heteroatoms. The van der Waals surface area contributed by atoms with Crippen LogP contribution in [-0.4, -0.2) is 62.2 Å². The predicted molar refractivity (Wildman–Crippen MR) is 168 cm³/mol. The smallest absolute Gasteiger partial charge is 0.269 e. The molecule has 0 spiro atoms. The summed E-state index contributed by atoms with van der Waals surface area (Å²) in [6.07, 6.45) is 0. The van der Waals surface area contributed by atoms with E-state index in [4.69, 9.17) is 0 Å². The van der Waals surface area contributed by atoms with Crippen LogP contribution in [0.4, 0.5) is 34.1 Å². The fourth-order valence-corrected chi connectivity index (χ4v) is 5.29. The first-order chi connectivity index (χ1) is 20.5. The Bertz CT molecular complexity index is 1320. The molecule has 2 saturated heterocycles. The van der Waals surface area contributed by atoms with E-state index in [0.717, 1.165) is 63.7 Å². The summed E-state index contributed by atoms with van der Waals surface area (Å²) in [5, 5.41) is 21.3. The lowest BCUT2D eigenvalue weighted by atomic mass is 10.2. The molecule has 2 heterocycles. The van der Waals surface area contributed by atoms with Crippen LogP contribution >= 0.6 is 0 Å². The number of rotatable bonds is 6. The van der Waals surface area contributed by atoms with Crippen molar-refractivity contribution < 1.29 is 9.85 Å². The molecule has 0 saturated carbocycles. The summed E-state index contributed by atoms with van der Waals surface area (Å²) < 4.78 is 0. The van der Waals surface area contributed by atoms with Crippen molar-refractivity contribution in [2.75, 3.05) is 72.0 Å². The molecule has 0 amide bonds. The van der Waals surface area contributed by atoms with Gasteiger partial charge in [-0.25, -0.2) is 0 Å². The summed E-state index contributed by atoms with van der Waals surface area (Å²) in [4.78, 5) is 29.9. The highest BCUT2D eigenvalue weighted by atomic mass is 16.6. The van der Waals surface area contributed by atoms with Crippen molar-refractivity contribution >= 4 is 34.1 Å². The van der Waals surface area contributed by atoms with Crippen molar-refractivity contribution in [1.82, 2.24) is 0 Å². The normalized spacial score (nSPS) is 15.0. The molecule has 42 heavy (non-hydrogen) atoms. The molecule has 4 aromatic carbocycles. The fraction of sp³-hybridized carbons (Fsp3) is 0.250. The van der Waals surface area contributed by atoms with Crippen LogP contribution in [-0.2, 0) is 0 Å². The van der Waals surface area contributed by atoms with E-state index in [1.54, 1.807) is 24.3 Å². The highest BCUT2D eigenvalue weighted by Crippen LogP contribution is 2.24. The maximum Gasteiger partial charge on any atom is 0.269 e. The zero-order valence-electron chi connectivity index (χ0n) is 23.4. The molecule has 0 unspecified atom stereocenters. The third-order valence-electron chi connectivity index (χ3n) is 7.65. The molecule has 2 aliphatic rings. The van der Waals surface area contributed by atoms with E-state index in [0.29, 0.717) is 0 Å². The molecule has 0 N–H and O–H groups in total. The van der Waals surface area contributed by atoms with Crippen LogP contribution < -0.4 is 19.6 Å². The Morgan fingerprint density at radius 3 is 0.857 bits per heavy atom. The van der Waals surface area contributed by atoms with Gasteiger partial charge in [0.2, 0.25) is 0 Å². The Hall–Kier alpha value is -5.12. The van der Waals surface area contributed by atoms with Gasteiger partial charge in [0.05, 0.1) is 9.85 Å². The van der Waals surface area contributed by atoms with Crippen LogP contribution in [0, 0.1) is 20.2 Å². The molecular formula is C32H34N6O4. The summed E-state index contributed by atoms with van der Waals surface area (Å²) in [5.41, 5.74) is 4.88. The quantitative estimate of drug-likeness (QED) is 0.212. The van der Waals surface area contributed by atoms with Crippen LogP contribution in [0.3, 0.4) is 0 Å². The summed E-state index contributed by atoms with van der Waals surface area (Å²) in [5.74, 6) is 0. The van der Waals surface area contributed by atoms with Crippen molar-refractivity contribution in [3.63, 3.8) is 0 Å². The molecule has 0 atom stereocenters. The van der Waals surface area contributed by atoms with Gasteiger partial charge < -0.3 is 19.6 Å². The Balaban J connectivity index is 0.000000168. The SMILES string of the molecule is O=[N+]([O-])c1ccc(N2CCN(c3ccccc3)CC2)cc1.O=[N+]([O-])c1ccc(N2CCN(c3ccccc3)CC2)cc1. The molecule has 0 radical (unpaired) electrons. The number of piperazine rings is 2. The number of non-ortho nitro benzene ring substituents is 2. The van der Waals surface area contributed by atoms with Crippen LogP contribution in [0.5, 0.6) is 0 Å². The second-order valence-electron chi connectivity index (χ2n) is 10.2. The first kappa shape index (κ1) is 28.4. The van der Waals surface area contributed by atoms with Crippen molar-refractivity contribution in [3.05, 3.63) is 129 Å². The van der Waals surface area contributed by atoms with Crippen molar-refractivity contribution in [2.24, 2.45) is 0 Å². The average Bonchev–Trinajstić information content (AvgIpc) is 3.06. The summed E-state index contributed by atoms with van der Waals surface area (Å²) >= 11 is 0.